The van der Waals surface area contributed by atoms with Crippen LogP contribution in [0.2, 0.25) is 0 Å². The molecule has 8 nitrogen and oxygen atoms in total. The van der Waals surface area contributed by atoms with Gasteiger partial charge >= 0.3 is 6.09 Å². The predicted octanol–water partition coefficient (Wildman–Crippen LogP) is 3.91. The summed E-state index contributed by atoms with van der Waals surface area (Å²) in [6.45, 7) is 5.34. The number of methoxy groups -OCH3 is 1. The van der Waals surface area contributed by atoms with E-state index in [1.165, 1.54) is 4.90 Å². The molecular formula is C25H27N3O5. The maximum Gasteiger partial charge on any atom is 0.407 e. The van der Waals surface area contributed by atoms with Gasteiger partial charge in [-0.2, -0.15) is 0 Å². The molecular weight excluding hydrogens is 422 g/mol. The van der Waals surface area contributed by atoms with Gasteiger partial charge in [0.2, 0.25) is 0 Å². The van der Waals surface area contributed by atoms with Crippen molar-refractivity contribution < 1.29 is 23.9 Å². The first-order chi connectivity index (χ1) is 15.7. The lowest BCUT2D eigenvalue weighted by Crippen LogP contribution is -2.48. The van der Waals surface area contributed by atoms with Crippen LogP contribution in [0.5, 0.6) is 5.75 Å². The molecule has 33 heavy (non-hydrogen) atoms. The molecule has 0 saturated heterocycles. The Kier molecular flexibility index (Phi) is 5.84. The first-order valence-electron chi connectivity index (χ1n) is 10.7. The molecule has 1 atom stereocenters. The van der Waals surface area contributed by atoms with Crippen molar-refractivity contribution in [3.05, 3.63) is 65.4 Å². The van der Waals surface area contributed by atoms with E-state index < -0.39 is 17.7 Å². The van der Waals surface area contributed by atoms with Crippen molar-refractivity contribution in [3.63, 3.8) is 0 Å². The van der Waals surface area contributed by atoms with E-state index in [1.807, 2.05) is 24.4 Å². The molecule has 0 unspecified atom stereocenters. The summed E-state index contributed by atoms with van der Waals surface area (Å²) in [7, 11) is 1.60. The van der Waals surface area contributed by atoms with Crippen molar-refractivity contribution >= 4 is 28.8 Å². The van der Waals surface area contributed by atoms with E-state index in [-0.39, 0.29) is 18.4 Å². The zero-order valence-corrected chi connectivity index (χ0v) is 19.1. The molecule has 2 heterocycles. The third kappa shape index (κ3) is 4.69. The monoisotopic (exact) mass is 449 g/mol. The zero-order chi connectivity index (χ0) is 23.8. The summed E-state index contributed by atoms with van der Waals surface area (Å²) in [6.07, 6.45) is 1.62. The van der Waals surface area contributed by atoms with Crippen LogP contribution in [0.4, 0.5) is 4.79 Å². The minimum Gasteiger partial charge on any atom is -0.497 e. The molecule has 2 aromatic carbocycles. The van der Waals surface area contributed by atoms with Gasteiger partial charge in [0.25, 0.3) is 11.8 Å². The number of amides is 3. The average molecular weight is 450 g/mol. The Bertz CT molecular complexity index is 1190. The molecule has 0 fully saturated rings. The van der Waals surface area contributed by atoms with Gasteiger partial charge in [0, 0.05) is 17.1 Å². The van der Waals surface area contributed by atoms with Crippen LogP contribution in [0.15, 0.2) is 48.7 Å². The highest BCUT2D eigenvalue weighted by molar-refractivity contribution is 6.21. The van der Waals surface area contributed by atoms with Crippen LogP contribution in [-0.2, 0) is 11.2 Å². The molecule has 3 amide bonds. The fourth-order valence-corrected chi connectivity index (χ4v) is 3.98. The van der Waals surface area contributed by atoms with Crippen molar-refractivity contribution in [1.82, 2.24) is 15.2 Å². The van der Waals surface area contributed by atoms with E-state index in [0.29, 0.717) is 23.3 Å². The van der Waals surface area contributed by atoms with Crippen molar-refractivity contribution in [3.8, 4) is 5.75 Å². The number of nitrogens with one attached hydrogen (secondary N) is 2. The summed E-state index contributed by atoms with van der Waals surface area (Å²) in [6, 6.07) is 11.8. The number of imide groups is 1. The van der Waals surface area contributed by atoms with Gasteiger partial charge in [0.15, 0.2) is 0 Å². The Hall–Kier alpha value is -3.81. The fourth-order valence-electron chi connectivity index (χ4n) is 3.98. The van der Waals surface area contributed by atoms with Crippen LogP contribution < -0.4 is 10.1 Å². The fraction of sp³-hybridized carbons (Fsp3) is 0.320. The maximum absolute atomic E-state index is 12.9. The van der Waals surface area contributed by atoms with Crippen LogP contribution in [0.25, 0.3) is 10.9 Å². The Balaban J connectivity index is 1.61. The summed E-state index contributed by atoms with van der Waals surface area (Å²) in [5.41, 5.74) is 1.90. The molecule has 2 N–H and O–H groups in total. The quantitative estimate of drug-likeness (QED) is 0.556. The summed E-state index contributed by atoms with van der Waals surface area (Å²) in [5.74, 6) is -0.0280. The number of ether oxygens (including phenoxy) is 2. The molecule has 3 aromatic rings. The van der Waals surface area contributed by atoms with Crippen molar-refractivity contribution in [2.75, 3.05) is 13.7 Å². The molecule has 0 aliphatic carbocycles. The standard InChI is InChI=1S/C25H27N3O5/c1-25(2,3)33-24(31)27-16(11-15-13-26-21-10-9-17(32-4)12-20(15)21)14-28-22(29)18-7-5-6-8-19(18)23(28)30/h5-10,12-13,16,26H,11,14H2,1-4H3,(H,27,31)/t16-/m0/s1. The van der Waals surface area contributed by atoms with E-state index in [4.69, 9.17) is 9.47 Å². The predicted molar refractivity (Wildman–Crippen MR) is 124 cm³/mol. The zero-order valence-electron chi connectivity index (χ0n) is 19.1. The van der Waals surface area contributed by atoms with Gasteiger partial charge < -0.3 is 19.8 Å². The normalized spacial score (nSPS) is 14.4. The number of H-pyrrole nitrogens is 1. The lowest BCUT2D eigenvalue weighted by atomic mass is 10.0. The molecule has 4 rings (SSSR count). The van der Waals surface area contributed by atoms with E-state index in [1.54, 1.807) is 52.1 Å². The van der Waals surface area contributed by atoms with Gasteiger partial charge in [0.05, 0.1) is 30.8 Å². The minimum absolute atomic E-state index is 0.0161. The summed E-state index contributed by atoms with van der Waals surface area (Å²) >= 11 is 0. The van der Waals surface area contributed by atoms with E-state index in [9.17, 15) is 14.4 Å². The smallest absolute Gasteiger partial charge is 0.407 e. The van der Waals surface area contributed by atoms with Crippen LogP contribution >= 0.6 is 0 Å². The largest absolute Gasteiger partial charge is 0.497 e. The highest BCUT2D eigenvalue weighted by Crippen LogP contribution is 2.26. The Morgan fingerprint density at radius 1 is 1.09 bits per heavy atom. The summed E-state index contributed by atoms with van der Waals surface area (Å²) in [5, 5.41) is 3.79. The second kappa shape index (κ2) is 8.61. The summed E-state index contributed by atoms with van der Waals surface area (Å²) < 4.78 is 10.8. The first-order valence-corrected chi connectivity index (χ1v) is 10.7. The highest BCUT2D eigenvalue weighted by atomic mass is 16.6. The molecule has 0 radical (unpaired) electrons. The van der Waals surface area contributed by atoms with Crippen LogP contribution in [0.3, 0.4) is 0 Å². The van der Waals surface area contributed by atoms with E-state index in [2.05, 4.69) is 10.3 Å². The van der Waals surface area contributed by atoms with Crippen LogP contribution in [-0.4, -0.2) is 53.1 Å². The average Bonchev–Trinajstić information content (AvgIpc) is 3.26. The summed E-state index contributed by atoms with van der Waals surface area (Å²) in [4.78, 5) is 42.8. The molecule has 1 aliphatic rings. The number of rotatable bonds is 6. The molecule has 172 valence electrons. The van der Waals surface area contributed by atoms with Gasteiger partial charge in [-0.05, 0) is 63.1 Å². The third-order valence-corrected chi connectivity index (χ3v) is 5.44. The Morgan fingerprint density at radius 2 is 1.76 bits per heavy atom. The number of fused-ring (bicyclic) bond motifs is 2. The molecule has 0 spiro atoms. The van der Waals surface area contributed by atoms with Gasteiger partial charge in [-0.1, -0.05) is 12.1 Å². The van der Waals surface area contributed by atoms with E-state index in [0.717, 1.165) is 16.5 Å². The van der Waals surface area contributed by atoms with Gasteiger partial charge in [-0.25, -0.2) is 4.79 Å². The lowest BCUT2D eigenvalue weighted by Gasteiger charge is -2.26. The number of aromatic amines is 1. The second-order valence-electron chi connectivity index (χ2n) is 9.04. The number of aromatic nitrogens is 1. The van der Waals surface area contributed by atoms with Gasteiger partial charge in [0.1, 0.15) is 11.4 Å². The van der Waals surface area contributed by atoms with Gasteiger partial charge in [-0.3, -0.25) is 14.5 Å². The number of carbonyl (C=O) groups is 3. The first kappa shape index (κ1) is 22.4. The lowest BCUT2D eigenvalue weighted by molar-refractivity contribution is 0.0468. The number of carbonyl (C=O) groups excluding carboxylic acids is 3. The molecule has 1 aliphatic heterocycles. The van der Waals surface area contributed by atoms with Crippen molar-refractivity contribution in [2.45, 2.75) is 38.8 Å². The molecule has 1 aromatic heterocycles. The molecule has 0 bridgehead atoms. The topological polar surface area (TPSA) is 101 Å². The van der Waals surface area contributed by atoms with Crippen molar-refractivity contribution in [1.29, 1.82) is 0 Å². The molecule has 0 saturated carbocycles. The Morgan fingerprint density at radius 3 is 2.36 bits per heavy atom. The number of alkyl carbamates (subject to hydrolysis) is 1. The SMILES string of the molecule is COc1ccc2[nH]cc(C[C@@H](CN3C(=O)c4ccccc4C3=O)NC(=O)OC(C)(C)C)c2c1. The highest BCUT2D eigenvalue weighted by Gasteiger charge is 2.37. The van der Waals surface area contributed by atoms with Crippen molar-refractivity contribution in [2.24, 2.45) is 0 Å². The minimum atomic E-state index is -0.682. The van der Waals surface area contributed by atoms with Crippen LogP contribution in [0, 0.1) is 0 Å². The molecule has 8 heteroatoms. The Labute approximate surface area is 191 Å². The second-order valence-corrected chi connectivity index (χ2v) is 9.04. The third-order valence-electron chi connectivity index (χ3n) is 5.44. The number of hydrogen-bond acceptors (Lipinski definition) is 5. The maximum atomic E-state index is 12.9. The number of hydrogen-bond donors (Lipinski definition) is 2. The number of nitrogens with zero attached hydrogens (tertiary/aromatic N) is 1. The van der Waals surface area contributed by atoms with E-state index >= 15 is 0 Å². The van der Waals surface area contributed by atoms with Crippen LogP contribution in [0.1, 0.15) is 47.1 Å². The number of benzene rings is 2. The van der Waals surface area contributed by atoms with Gasteiger partial charge in [-0.15, -0.1) is 0 Å².